The van der Waals surface area contributed by atoms with Crippen LogP contribution in [0.4, 0.5) is 18.9 Å². The van der Waals surface area contributed by atoms with Gasteiger partial charge in [0.1, 0.15) is 5.75 Å². The van der Waals surface area contributed by atoms with Crippen molar-refractivity contribution < 1.29 is 37.0 Å². The molecule has 0 unspecified atom stereocenters. The van der Waals surface area contributed by atoms with Gasteiger partial charge in [0.15, 0.2) is 24.1 Å². The Hall–Kier alpha value is -3.82. The lowest BCUT2D eigenvalue weighted by molar-refractivity contribution is -0.143. The lowest BCUT2D eigenvalue weighted by atomic mass is 10.2. The number of anilines is 1. The molecule has 0 aromatic heterocycles. The fraction of sp³-hybridized carbons (Fsp3) is 0.190. The summed E-state index contributed by atoms with van der Waals surface area (Å²) in [7, 11) is 0. The van der Waals surface area contributed by atoms with E-state index in [9.17, 15) is 27.6 Å². The van der Waals surface area contributed by atoms with Crippen LogP contribution in [-0.2, 0) is 19.1 Å². The molecule has 0 heterocycles. The Morgan fingerprint density at radius 1 is 1.00 bits per heavy atom. The number of carbonyl (C=O) groups is 3. The van der Waals surface area contributed by atoms with Crippen molar-refractivity contribution in [1.82, 2.24) is 5.32 Å². The molecule has 0 fully saturated rings. The summed E-state index contributed by atoms with van der Waals surface area (Å²) in [4.78, 5) is 35.1. The molecule has 0 aliphatic carbocycles. The van der Waals surface area contributed by atoms with Crippen molar-refractivity contribution in [3.63, 3.8) is 0 Å². The topological polar surface area (TPSA) is 93.7 Å². The van der Waals surface area contributed by atoms with Gasteiger partial charge in [0.05, 0.1) is 18.8 Å². The number of carbonyl (C=O) groups excluding carboxylic acids is 3. The number of para-hydroxylation sites is 1. The molecule has 2 aromatic carbocycles. The third-order valence-electron chi connectivity index (χ3n) is 3.72. The minimum atomic E-state index is -1.73. The second-order valence-corrected chi connectivity index (χ2v) is 5.96. The van der Waals surface area contributed by atoms with Gasteiger partial charge in [0.25, 0.3) is 5.91 Å². The summed E-state index contributed by atoms with van der Waals surface area (Å²) in [6.45, 7) is 1.00. The number of ether oxygens (including phenoxy) is 2. The molecule has 0 spiro atoms. The van der Waals surface area contributed by atoms with Crippen LogP contribution >= 0.6 is 0 Å². The van der Waals surface area contributed by atoms with Crippen LogP contribution in [-0.4, -0.2) is 37.5 Å². The molecule has 0 radical (unpaired) electrons. The fourth-order valence-electron chi connectivity index (χ4n) is 2.29. The maximum absolute atomic E-state index is 13.5. The van der Waals surface area contributed by atoms with E-state index < -0.39 is 54.1 Å². The van der Waals surface area contributed by atoms with Gasteiger partial charge in [-0.05, 0) is 31.2 Å². The first-order valence-corrected chi connectivity index (χ1v) is 9.08. The first-order chi connectivity index (χ1) is 14.8. The second-order valence-electron chi connectivity index (χ2n) is 5.96. The van der Waals surface area contributed by atoms with Crippen LogP contribution in [0.25, 0.3) is 6.08 Å². The predicted octanol–water partition coefficient (Wildman–Crippen LogP) is 2.81. The summed E-state index contributed by atoms with van der Waals surface area (Å²) >= 11 is 0. The Bertz CT molecular complexity index is 995. The minimum Gasteiger partial charge on any atom is -0.493 e. The molecule has 0 saturated carbocycles. The van der Waals surface area contributed by atoms with Crippen molar-refractivity contribution in [1.29, 1.82) is 0 Å². The Morgan fingerprint density at radius 2 is 1.74 bits per heavy atom. The van der Waals surface area contributed by atoms with E-state index in [2.05, 4.69) is 5.32 Å². The largest absolute Gasteiger partial charge is 0.493 e. The van der Waals surface area contributed by atoms with E-state index >= 15 is 0 Å². The Labute approximate surface area is 175 Å². The van der Waals surface area contributed by atoms with Gasteiger partial charge in [-0.25, -0.2) is 18.0 Å². The molecule has 0 aliphatic heterocycles. The van der Waals surface area contributed by atoms with Crippen LogP contribution in [0.2, 0.25) is 0 Å². The van der Waals surface area contributed by atoms with Crippen LogP contribution < -0.4 is 15.4 Å². The van der Waals surface area contributed by atoms with Crippen molar-refractivity contribution in [2.24, 2.45) is 0 Å². The second kappa shape index (κ2) is 11.4. The van der Waals surface area contributed by atoms with Gasteiger partial charge >= 0.3 is 5.97 Å². The van der Waals surface area contributed by atoms with E-state index in [1.54, 1.807) is 24.3 Å². The number of hydrogen-bond donors (Lipinski definition) is 2. The first-order valence-electron chi connectivity index (χ1n) is 9.08. The Kier molecular flexibility index (Phi) is 8.62. The summed E-state index contributed by atoms with van der Waals surface area (Å²) in [5.74, 6) is -6.60. The van der Waals surface area contributed by atoms with Crippen LogP contribution in [0.5, 0.6) is 5.75 Å². The molecule has 7 nitrogen and oxygen atoms in total. The number of hydrogen-bond acceptors (Lipinski definition) is 5. The molecule has 31 heavy (non-hydrogen) atoms. The predicted molar refractivity (Wildman–Crippen MR) is 106 cm³/mol. The van der Waals surface area contributed by atoms with Gasteiger partial charge in [-0.15, -0.1) is 0 Å². The molecule has 0 atom stereocenters. The number of nitrogens with one attached hydrogen (secondary N) is 2. The molecule has 164 valence electrons. The number of halogens is 3. The highest BCUT2D eigenvalue weighted by atomic mass is 19.2. The number of amides is 2. The summed E-state index contributed by atoms with van der Waals surface area (Å²) in [5.41, 5.74) is 0.0638. The third kappa shape index (κ3) is 7.18. The Morgan fingerprint density at radius 3 is 2.48 bits per heavy atom. The summed E-state index contributed by atoms with van der Waals surface area (Å²) in [6, 6.07) is 8.49. The smallest absolute Gasteiger partial charge is 0.331 e. The number of rotatable bonds is 9. The first kappa shape index (κ1) is 23.5. The molecular weight excluding hydrogens is 417 g/mol. The normalized spacial score (nSPS) is 10.6. The van der Waals surface area contributed by atoms with Crippen molar-refractivity contribution in [2.75, 3.05) is 25.1 Å². The number of esters is 1. The van der Waals surface area contributed by atoms with Crippen molar-refractivity contribution >= 4 is 29.5 Å². The third-order valence-corrected chi connectivity index (χ3v) is 3.72. The highest BCUT2D eigenvalue weighted by Gasteiger charge is 2.15. The summed E-state index contributed by atoms with van der Waals surface area (Å²) < 4.78 is 49.7. The summed E-state index contributed by atoms with van der Waals surface area (Å²) in [5, 5.41) is 4.13. The highest BCUT2D eigenvalue weighted by molar-refractivity contribution is 5.95. The molecule has 2 N–H and O–H groups in total. The zero-order chi connectivity index (χ0) is 22.8. The quantitative estimate of drug-likeness (QED) is 0.358. The zero-order valence-electron chi connectivity index (χ0n) is 16.4. The van der Waals surface area contributed by atoms with E-state index in [4.69, 9.17) is 9.47 Å². The maximum Gasteiger partial charge on any atom is 0.331 e. The molecule has 0 bridgehead atoms. The molecular formula is C21H19F3N2O5. The van der Waals surface area contributed by atoms with Gasteiger partial charge in [-0.1, -0.05) is 18.2 Å². The SMILES string of the molecule is CCOc1ccccc1/C=C/C(=O)OCC(=O)NCC(=O)Nc1ccc(F)c(F)c1F. The van der Waals surface area contributed by atoms with Crippen molar-refractivity contribution in [3.8, 4) is 5.75 Å². The lowest BCUT2D eigenvalue weighted by Crippen LogP contribution is -2.35. The van der Waals surface area contributed by atoms with Gasteiger partial charge in [-0.3, -0.25) is 9.59 Å². The van der Waals surface area contributed by atoms with E-state index in [-0.39, 0.29) is 0 Å². The average molecular weight is 436 g/mol. The lowest BCUT2D eigenvalue weighted by Gasteiger charge is -2.08. The number of benzene rings is 2. The van der Waals surface area contributed by atoms with Crippen LogP contribution in [0.1, 0.15) is 12.5 Å². The van der Waals surface area contributed by atoms with Crippen LogP contribution in [0.15, 0.2) is 42.5 Å². The Balaban J connectivity index is 1.77. The highest BCUT2D eigenvalue weighted by Crippen LogP contribution is 2.20. The average Bonchev–Trinajstić information content (AvgIpc) is 2.76. The molecule has 2 amide bonds. The van der Waals surface area contributed by atoms with Gasteiger partial charge in [0, 0.05) is 11.6 Å². The van der Waals surface area contributed by atoms with E-state index in [1.165, 1.54) is 6.08 Å². The molecule has 2 aromatic rings. The van der Waals surface area contributed by atoms with E-state index in [1.807, 2.05) is 12.2 Å². The molecule has 0 aliphatic rings. The molecule has 0 saturated heterocycles. The maximum atomic E-state index is 13.5. The van der Waals surface area contributed by atoms with Crippen molar-refractivity contribution in [3.05, 3.63) is 65.5 Å². The monoisotopic (exact) mass is 436 g/mol. The molecule has 2 rings (SSSR count). The summed E-state index contributed by atoms with van der Waals surface area (Å²) in [6.07, 6.45) is 2.58. The van der Waals surface area contributed by atoms with E-state index in [0.717, 1.165) is 12.1 Å². The van der Waals surface area contributed by atoms with Gasteiger partial charge < -0.3 is 20.1 Å². The zero-order valence-corrected chi connectivity index (χ0v) is 16.4. The minimum absolute atomic E-state index is 0.450. The van der Waals surface area contributed by atoms with Crippen molar-refractivity contribution in [2.45, 2.75) is 6.92 Å². The fourth-order valence-corrected chi connectivity index (χ4v) is 2.29. The van der Waals surface area contributed by atoms with Crippen LogP contribution in [0, 0.1) is 17.5 Å². The standard InChI is InChI=1S/C21H19F3N2O5/c1-2-30-16-6-4-3-5-13(16)7-10-19(29)31-12-18(28)25-11-17(27)26-15-9-8-14(22)20(23)21(15)24/h3-10H,2,11-12H2,1H3,(H,25,28)(H,26,27)/b10-7+. The van der Waals surface area contributed by atoms with Gasteiger partial charge in [0.2, 0.25) is 5.91 Å². The molecule has 10 heteroatoms. The van der Waals surface area contributed by atoms with Gasteiger partial charge in [-0.2, -0.15) is 0 Å². The van der Waals surface area contributed by atoms with E-state index in [0.29, 0.717) is 24.0 Å². The van der Waals surface area contributed by atoms with Crippen LogP contribution in [0.3, 0.4) is 0 Å².